The van der Waals surface area contributed by atoms with Crippen LogP contribution in [0, 0.1) is 11.8 Å². The predicted molar refractivity (Wildman–Crippen MR) is 120 cm³/mol. The molecule has 0 amide bonds. The minimum absolute atomic E-state index is 0.829. The lowest BCUT2D eigenvalue weighted by molar-refractivity contribution is 0.502. The first-order valence-corrected chi connectivity index (χ1v) is 12.3. The van der Waals surface area contributed by atoms with Crippen LogP contribution in [-0.4, -0.2) is 24.6 Å². The van der Waals surface area contributed by atoms with Gasteiger partial charge in [-0.15, -0.1) is 0 Å². The molecule has 2 atom stereocenters. The van der Waals surface area contributed by atoms with E-state index >= 15 is 0 Å². The SMILES string of the molecule is CCCCCCCCCCCCSCC1CN(c2ccccc2)CC1C. The first kappa shape index (κ1) is 21.7. The molecule has 1 heterocycles. The van der Waals surface area contributed by atoms with Gasteiger partial charge in [0.05, 0.1) is 0 Å². The third-order valence-corrected chi connectivity index (χ3v) is 7.10. The van der Waals surface area contributed by atoms with Gasteiger partial charge in [-0.1, -0.05) is 89.8 Å². The van der Waals surface area contributed by atoms with Crippen molar-refractivity contribution in [2.45, 2.75) is 78.1 Å². The minimum atomic E-state index is 0.829. The topological polar surface area (TPSA) is 3.24 Å². The number of para-hydroxylation sites is 1. The van der Waals surface area contributed by atoms with Gasteiger partial charge in [-0.05, 0) is 41.9 Å². The van der Waals surface area contributed by atoms with E-state index in [1.54, 1.807) is 0 Å². The van der Waals surface area contributed by atoms with Gasteiger partial charge in [0.2, 0.25) is 0 Å². The first-order chi connectivity index (χ1) is 12.8. The molecule has 0 radical (unpaired) electrons. The summed E-state index contributed by atoms with van der Waals surface area (Å²) in [4.78, 5) is 2.58. The van der Waals surface area contributed by atoms with Crippen molar-refractivity contribution in [3.63, 3.8) is 0 Å². The zero-order valence-corrected chi connectivity index (χ0v) is 18.1. The molecule has 0 saturated carbocycles. The Bertz CT molecular complexity index is 447. The van der Waals surface area contributed by atoms with Crippen LogP contribution in [0.5, 0.6) is 0 Å². The number of rotatable bonds is 14. The summed E-state index contributed by atoms with van der Waals surface area (Å²) >= 11 is 2.20. The highest BCUT2D eigenvalue weighted by molar-refractivity contribution is 7.99. The normalized spacial score (nSPS) is 20.0. The van der Waals surface area contributed by atoms with Crippen LogP contribution in [0.15, 0.2) is 30.3 Å². The Balaban J connectivity index is 1.44. The number of nitrogens with zero attached hydrogens (tertiary/aromatic N) is 1. The van der Waals surface area contributed by atoms with Crippen LogP contribution >= 0.6 is 11.8 Å². The molecule has 148 valence electrons. The van der Waals surface area contributed by atoms with Crippen LogP contribution in [0.25, 0.3) is 0 Å². The average Bonchev–Trinajstić information content (AvgIpc) is 3.04. The number of hydrogen-bond donors (Lipinski definition) is 0. The molecule has 1 aliphatic rings. The van der Waals surface area contributed by atoms with Gasteiger partial charge >= 0.3 is 0 Å². The molecule has 1 aromatic carbocycles. The average molecular weight is 376 g/mol. The van der Waals surface area contributed by atoms with Gasteiger partial charge in [0.1, 0.15) is 0 Å². The molecule has 0 aromatic heterocycles. The third kappa shape index (κ3) is 8.37. The van der Waals surface area contributed by atoms with Crippen LogP contribution < -0.4 is 4.90 Å². The van der Waals surface area contributed by atoms with Gasteiger partial charge < -0.3 is 4.90 Å². The van der Waals surface area contributed by atoms with Crippen molar-refractivity contribution >= 4 is 17.4 Å². The summed E-state index contributed by atoms with van der Waals surface area (Å²) in [6.07, 6.45) is 14.4. The van der Waals surface area contributed by atoms with Crippen molar-refractivity contribution < 1.29 is 0 Å². The van der Waals surface area contributed by atoms with Crippen molar-refractivity contribution in [3.8, 4) is 0 Å². The van der Waals surface area contributed by atoms with Gasteiger partial charge in [-0.2, -0.15) is 11.8 Å². The van der Waals surface area contributed by atoms with E-state index in [1.165, 1.54) is 94.5 Å². The van der Waals surface area contributed by atoms with Crippen molar-refractivity contribution in [1.29, 1.82) is 0 Å². The predicted octanol–water partition coefficient (Wildman–Crippen LogP) is 7.41. The fourth-order valence-corrected chi connectivity index (χ4v) is 5.34. The highest BCUT2D eigenvalue weighted by Gasteiger charge is 2.29. The lowest BCUT2D eigenvalue weighted by Crippen LogP contribution is -2.20. The standard InChI is InChI=1S/C24H41NS/c1-3-4-5-6-7-8-9-10-11-15-18-26-21-23-20-25(19-22(23)2)24-16-13-12-14-17-24/h12-14,16-17,22-23H,3-11,15,18-21H2,1-2H3. The minimum Gasteiger partial charge on any atom is -0.371 e. The Labute approximate surface area is 167 Å². The van der Waals surface area contributed by atoms with E-state index < -0.39 is 0 Å². The molecule has 1 nitrogen and oxygen atoms in total. The molecule has 0 N–H and O–H groups in total. The fraction of sp³-hybridized carbons (Fsp3) is 0.750. The highest BCUT2D eigenvalue weighted by Crippen LogP contribution is 2.30. The second-order valence-corrected chi connectivity index (χ2v) is 9.38. The second-order valence-electron chi connectivity index (χ2n) is 8.23. The molecule has 1 aromatic rings. The Morgan fingerprint density at radius 3 is 2.12 bits per heavy atom. The molecule has 2 heteroatoms. The second kappa shape index (κ2) is 13.5. The van der Waals surface area contributed by atoms with E-state index in [4.69, 9.17) is 0 Å². The summed E-state index contributed by atoms with van der Waals surface area (Å²) in [6.45, 7) is 7.21. The third-order valence-electron chi connectivity index (χ3n) is 5.86. The lowest BCUT2D eigenvalue weighted by atomic mass is 10.0. The van der Waals surface area contributed by atoms with E-state index in [2.05, 4.69) is 60.8 Å². The van der Waals surface area contributed by atoms with E-state index in [9.17, 15) is 0 Å². The molecule has 0 bridgehead atoms. The van der Waals surface area contributed by atoms with Crippen LogP contribution in [0.1, 0.15) is 78.1 Å². The van der Waals surface area contributed by atoms with Gasteiger partial charge in [0, 0.05) is 18.8 Å². The summed E-state index contributed by atoms with van der Waals surface area (Å²) < 4.78 is 0. The molecule has 1 fully saturated rings. The number of hydrogen-bond acceptors (Lipinski definition) is 2. The molecule has 0 aliphatic carbocycles. The van der Waals surface area contributed by atoms with Crippen LogP contribution in [0.4, 0.5) is 5.69 Å². The van der Waals surface area contributed by atoms with Crippen LogP contribution in [0.2, 0.25) is 0 Å². The van der Waals surface area contributed by atoms with Gasteiger partial charge in [-0.25, -0.2) is 0 Å². The lowest BCUT2D eigenvalue weighted by Gasteiger charge is -2.18. The van der Waals surface area contributed by atoms with E-state index in [1.807, 2.05) is 0 Å². The maximum Gasteiger partial charge on any atom is 0.0366 e. The maximum atomic E-state index is 2.58. The van der Waals surface area contributed by atoms with Crippen molar-refractivity contribution in [1.82, 2.24) is 0 Å². The van der Waals surface area contributed by atoms with E-state index in [0.717, 1.165) is 11.8 Å². The molecule has 1 aliphatic heterocycles. The Morgan fingerprint density at radius 2 is 1.46 bits per heavy atom. The Morgan fingerprint density at radius 1 is 0.846 bits per heavy atom. The van der Waals surface area contributed by atoms with Crippen LogP contribution in [-0.2, 0) is 0 Å². The Hall–Kier alpha value is -0.630. The molecule has 26 heavy (non-hydrogen) atoms. The molecule has 0 spiro atoms. The van der Waals surface area contributed by atoms with E-state index in [0.29, 0.717) is 0 Å². The number of benzene rings is 1. The molecule has 2 rings (SSSR count). The summed E-state index contributed by atoms with van der Waals surface area (Å²) in [6, 6.07) is 10.9. The van der Waals surface area contributed by atoms with Crippen molar-refractivity contribution in [2.75, 3.05) is 29.5 Å². The van der Waals surface area contributed by atoms with Gasteiger partial charge in [0.15, 0.2) is 0 Å². The molecular formula is C24H41NS. The molecular weight excluding hydrogens is 334 g/mol. The fourth-order valence-electron chi connectivity index (χ4n) is 4.03. The molecule has 1 saturated heterocycles. The summed E-state index contributed by atoms with van der Waals surface area (Å²) in [5.41, 5.74) is 1.40. The Kier molecular flexibility index (Phi) is 11.3. The van der Waals surface area contributed by atoms with Crippen LogP contribution in [0.3, 0.4) is 0 Å². The monoisotopic (exact) mass is 375 g/mol. The van der Waals surface area contributed by atoms with Gasteiger partial charge in [0.25, 0.3) is 0 Å². The largest absolute Gasteiger partial charge is 0.371 e. The van der Waals surface area contributed by atoms with E-state index in [-0.39, 0.29) is 0 Å². The summed E-state index contributed by atoms with van der Waals surface area (Å²) in [5, 5.41) is 0. The van der Waals surface area contributed by atoms with Gasteiger partial charge in [-0.3, -0.25) is 0 Å². The number of anilines is 1. The molecule has 2 unspecified atom stereocenters. The van der Waals surface area contributed by atoms with Crippen molar-refractivity contribution in [2.24, 2.45) is 11.8 Å². The quantitative estimate of drug-likeness (QED) is 0.311. The smallest absolute Gasteiger partial charge is 0.0366 e. The zero-order chi connectivity index (χ0) is 18.5. The van der Waals surface area contributed by atoms with Crippen molar-refractivity contribution in [3.05, 3.63) is 30.3 Å². The highest BCUT2D eigenvalue weighted by atomic mass is 32.2. The number of unbranched alkanes of at least 4 members (excludes halogenated alkanes) is 9. The zero-order valence-electron chi connectivity index (χ0n) is 17.3. The number of thioether (sulfide) groups is 1. The first-order valence-electron chi connectivity index (χ1n) is 11.2. The maximum absolute atomic E-state index is 2.58. The summed E-state index contributed by atoms with van der Waals surface area (Å²) in [7, 11) is 0. The summed E-state index contributed by atoms with van der Waals surface area (Å²) in [5.74, 6) is 4.41.